The number of ether oxygens (including phenoxy) is 4. The SMILES string of the molecule is C.C.CCC(C)(C)C(=O)OC1C2CC3C1OC(=O)C3(C#N)C2.CCC(C)C(=O)Oc1ccc(OCc2cc(C)cc(CO)c2O)cc1. The number of carbonyl (C=O) groups is 3. The number of aliphatic hydroxyl groups is 1. The van der Waals surface area contributed by atoms with Crippen molar-refractivity contribution in [3.05, 3.63) is 53.1 Å². The molecule has 1 heterocycles. The third-order valence-corrected chi connectivity index (χ3v) is 9.48. The molecule has 2 saturated carbocycles. The van der Waals surface area contributed by atoms with Gasteiger partial charge in [-0.1, -0.05) is 47.3 Å². The van der Waals surface area contributed by atoms with Crippen LogP contribution >= 0.6 is 0 Å². The Morgan fingerprint density at radius 2 is 1.74 bits per heavy atom. The highest BCUT2D eigenvalue weighted by Gasteiger charge is 2.72. The van der Waals surface area contributed by atoms with Crippen molar-refractivity contribution in [2.24, 2.45) is 28.6 Å². The number of aliphatic hydroxyl groups excluding tert-OH is 1. The van der Waals surface area contributed by atoms with Crippen LogP contribution in [0, 0.1) is 46.8 Å². The van der Waals surface area contributed by atoms with E-state index in [1.807, 2.05) is 47.6 Å². The van der Waals surface area contributed by atoms with Gasteiger partial charge in [-0.15, -0.1) is 0 Å². The highest BCUT2D eigenvalue weighted by Crippen LogP contribution is 2.62. The lowest BCUT2D eigenvalue weighted by molar-refractivity contribution is -0.170. The fraction of sp³-hybridized carbons (Fsp3) is 0.568. The molecule has 2 aliphatic carbocycles. The van der Waals surface area contributed by atoms with Crippen LogP contribution in [-0.4, -0.2) is 40.3 Å². The van der Waals surface area contributed by atoms with Crippen molar-refractivity contribution in [2.45, 2.75) is 108 Å². The molecular formula is C37H51NO9. The highest BCUT2D eigenvalue weighted by atomic mass is 16.6. The van der Waals surface area contributed by atoms with E-state index in [9.17, 15) is 29.9 Å². The number of aryl methyl sites for hydroxylation is 1. The number of rotatable bonds is 10. The largest absolute Gasteiger partial charge is 0.507 e. The fourth-order valence-electron chi connectivity index (χ4n) is 6.03. The fourth-order valence-corrected chi connectivity index (χ4v) is 6.03. The number of aromatic hydroxyl groups is 1. The molecule has 6 unspecified atom stereocenters. The van der Waals surface area contributed by atoms with Gasteiger partial charge in [-0.05, 0) is 76.8 Å². The maximum absolute atomic E-state index is 12.2. The van der Waals surface area contributed by atoms with Gasteiger partial charge in [0.2, 0.25) is 0 Å². The molecule has 0 spiro atoms. The molecule has 1 saturated heterocycles. The van der Waals surface area contributed by atoms with E-state index in [0.29, 0.717) is 35.5 Å². The number of nitriles is 1. The lowest BCUT2D eigenvalue weighted by Crippen LogP contribution is -2.42. The molecular weight excluding hydrogens is 602 g/mol. The lowest BCUT2D eigenvalue weighted by atomic mass is 9.74. The maximum Gasteiger partial charge on any atom is 0.327 e. The smallest absolute Gasteiger partial charge is 0.327 e. The van der Waals surface area contributed by atoms with Crippen LogP contribution in [0.3, 0.4) is 0 Å². The molecule has 1 aliphatic heterocycles. The van der Waals surface area contributed by atoms with E-state index >= 15 is 0 Å². The Morgan fingerprint density at radius 1 is 1.13 bits per heavy atom. The van der Waals surface area contributed by atoms with Crippen molar-refractivity contribution < 1.29 is 43.5 Å². The molecule has 3 fully saturated rings. The minimum atomic E-state index is -0.974. The van der Waals surface area contributed by atoms with Gasteiger partial charge in [0.1, 0.15) is 36.1 Å². The molecule has 10 nitrogen and oxygen atoms in total. The van der Waals surface area contributed by atoms with Crippen LogP contribution < -0.4 is 9.47 Å². The number of fused-ring (bicyclic) bond motifs is 1. The Morgan fingerprint density at radius 3 is 2.32 bits per heavy atom. The monoisotopic (exact) mass is 653 g/mol. The number of esters is 3. The first-order chi connectivity index (χ1) is 21.3. The zero-order chi connectivity index (χ0) is 33.1. The molecule has 2 N–H and O–H groups in total. The van der Waals surface area contributed by atoms with Gasteiger partial charge in [0.25, 0.3) is 0 Å². The van der Waals surface area contributed by atoms with Crippen molar-refractivity contribution >= 4 is 17.9 Å². The number of nitrogens with zero attached hydrogens (tertiary/aromatic N) is 1. The third kappa shape index (κ3) is 7.90. The number of hydrogen-bond acceptors (Lipinski definition) is 10. The molecule has 10 heteroatoms. The topological polar surface area (TPSA) is 152 Å². The van der Waals surface area contributed by atoms with Crippen LogP contribution in [0.4, 0.5) is 0 Å². The molecule has 3 aliphatic rings. The Bertz CT molecular complexity index is 1460. The van der Waals surface area contributed by atoms with Crippen molar-refractivity contribution in [1.82, 2.24) is 0 Å². The van der Waals surface area contributed by atoms with E-state index in [4.69, 9.17) is 18.9 Å². The minimum Gasteiger partial charge on any atom is -0.507 e. The summed E-state index contributed by atoms with van der Waals surface area (Å²) < 4.78 is 22.0. The highest BCUT2D eigenvalue weighted by molar-refractivity contribution is 5.84. The van der Waals surface area contributed by atoms with Crippen molar-refractivity contribution in [1.29, 1.82) is 5.26 Å². The van der Waals surface area contributed by atoms with Crippen LogP contribution in [0.5, 0.6) is 17.2 Å². The summed E-state index contributed by atoms with van der Waals surface area (Å²) in [4.78, 5) is 35.9. The number of carbonyl (C=O) groups excluding carboxylic acids is 3. The molecule has 0 amide bonds. The first kappa shape index (κ1) is 39.1. The quantitative estimate of drug-likeness (QED) is 0.207. The Labute approximate surface area is 279 Å². The van der Waals surface area contributed by atoms with Crippen molar-refractivity contribution in [3.63, 3.8) is 0 Å². The molecule has 2 bridgehead atoms. The van der Waals surface area contributed by atoms with E-state index in [0.717, 1.165) is 18.4 Å². The summed E-state index contributed by atoms with van der Waals surface area (Å²) in [7, 11) is 0. The predicted molar refractivity (Wildman–Crippen MR) is 176 cm³/mol. The Hall–Kier alpha value is -4.10. The molecule has 47 heavy (non-hydrogen) atoms. The molecule has 0 aromatic heterocycles. The second-order valence-corrected chi connectivity index (χ2v) is 12.9. The molecule has 0 radical (unpaired) electrons. The second kappa shape index (κ2) is 15.7. The summed E-state index contributed by atoms with van der Waals surface area (Å²) in [5.41, 5.74) is 0.518. The summed E-state index contributed by atoms with van der Waals surface area (Å²) in [6.07, 6.45) is 1.85. The van der Waals surface area contributed by atoms with Crippen LogP contribution in [0.2, 0.25) is 0 Å². The van der Waals surface area contributed by atoms with Crippen LogP contribution in [-0.2, 0) is 37.1 Å². The van der Waals surface area contributed by atoms with Crippen LogP contribution in [0.1, 0.15) is 91.8 Å². The predicted octanol–water partition coefficient (Wildman–Crippen LogP) is 6.81. The van der Waals surface area contributed by atoms with Gasteiger partial charge in [0.15, 0.2) is 5.41 Å². The van der Waals surface area contributed by atoms with Crippen molar-refractivity contribution in [3.8, 4) is 23.3 Å². The van der Waals surface area contributed by atoms with Gasteiger partial charge in [0, 0.05) is 23.0 Å². The van der Waals surface area contributed by atoms with Gasteiger partial charge in [-0.2, -0.15) is 5.26 Å². The standard InChI is InChI=1S/C20H24O5.C15H19NO4.2CH4/c1-4-14(3)20(23)25-18-7-5-17(6-8-18)24-12-16-10-13(2)9-15(11-21)19(16)22;1-4-14(2,3)12(17)19-10-8-5-9-11(10)20-13(18)15(9,6-8)7-16;;/h5-10,14,21-22H,4,11-12H2,1-3H3;8-11H,4-6H2,1-3H3;2*1H4. The van der Waals surface area contributed by atoms with Crippen LogP contribution in [0.25, 0.3) is 0 Å². The summed E-state index contributed by atoms with van der Waals surface area (Å²) in [6, 6.07) is 12.5. The molecule has 2 aromatic carbocycles. The Kier molecular flexibility index (Phi) is 13.0. The van der Waals surface area contributed by atoms with E-state index in [-0.39, 0.29) is 69.6 Å². The van der Waals surface area contributed by atoms with Gasteiger partial charge in [0.05, 0.1) is 24.0 Å². The van der Waals surface area contributed by atoms with Gasteiger partial charge < -0.3 is 29.2 Å². The average molecular weight is 654 g/mol. The summed E-state index contributed by atoms with van der Waals surface area (Å²) in [5, 5.41) is 28.7. The van der Waals surface area contributed by atoms with Crippen LogP contribution in [0.15, 0.2) is 36.4 Å². The van der Waals surface area contributed by atoms with Crippen molar-refractivity contribution in [2.75, 3.05) is 0 Å². The summed E-state index contributed by atoms with van der Waals surface area (Å²) in [5.74, 6) is 0.0213. The minimum absolute atomic E-state index is 0. The van der Waals surface area contributed by atoms with E-state index < -0.39 is 22.9 Å². The molecule has 2 aromatic rings. The Balaban J connectivity index is 0.000000319. The third-order valence-electron chi connectivity index (χ3n) is 9.48. The summed E-state index contributed by atoms with van der Waals surface area (Å²) in [6.45, 7) is 11.2. The maximum atomic E-state index is 12.2. The molecule has 6 atom stereocenters. The summed E-state index contributed by atoms with van der Waals surface area (Å²) >= 11 is 0. The van der Waals surface area contributed by atoms with E-state index in [1.165, 1.54) is 0 Å². The average Bonchev–Trinajstić information content (AvgIpc) is 3.64. The number of phenols is 1. The second-order valence-electron chi connectivity index (χ2n) is 12.9. The van der Waals surface area contributed by atoms with E-state index in [2.05, 4.69) is 6.07 Å². The molecule has 5 rings (SSSR count). The first-order valence-electron chi connectivity index (χ1n) is 15.5. The lowest BCUT2D eigenvalue weighted by Gasteiger charge is -2.30. The van der Waals surface area contributed by atoms with Gasteiger partial charge in [-0.3, -0.25) is 14.4 Å². The number of hydrogen-bond donors (Lipinski definition) is 2. The normalized spacial score (nSPS) is 23.9. The zero-order valence-electron chi connectivity index (χ0n) is 26.8. The van der Waals surface area contributed by atoms with E-state index in [1.54, 1.807) is 30.3 Å². The zero-order valence-corrected chi connectivity index (χ0v) is 26.8. The molecule has 258 valence electrons. The first-order valence-corrected chi connectivity index (χ1v) is 15.5. The van der Waals surface area contributed by atoms with Gasteiger partial charge in [-0.25, -0.2) is 0 Å². The number of benzene rings is 2. The van der Waals surface area contributed by atoms with Gasteiger partial charge >= 0.3 is 17.9 Å².